The third kappa shape index (κ3) is 4.22. The van der Waals surface area contributed by atoms with Crippen molar-refractivity contribution in [3.05, 3.63) is 65.0 Å². The van der Waals surface area contributed by atoms with Gasteiger partial charge in [0.2, 0.25) is 0 Å². The first kappa shape index (κ1) is 19.2. The van der Waals surface area contributed by atoms with E-state index in [0.29, 0.717) is 32.6 Å². The van der Waals surface area contributed by atoms with Gasteiger partial charge >= 0.3 is 6.18 Å². The highest BCUT2D eigenvalue weighted by atomic mass is 19.4. The Balaban J connectivity index is 1.86. The van der Waals surface area contributed by atoms with Crippen LogP contribution >= 0.6 is 0 Å². The molecule has 3 nitrogen and oxygen atoms in total. The van der Waals surface area contributed by atoms with E-state index >= 15 is 0 Å². The topological polar surface area (TPSA) is 45.0 Å². The van der Waals surface area contributed by atoms with E-state index in [1.54, 1.807) is 18.2 Å². The molecule has 1 aliphatic rings. The van der Waals surface area contributed by atoms with Crippen LogP contribution in [0, 0.1) is 17.1 Å². The SMILES string of the molecule is N#Cc1ccc(NCC2(c3ccc(F)cc3)CCOCC2)cc1C(F)(F)F. The van der Waals surface area contributed by atoms with Gasteiger partial charge in [0.05, 0.1) is 17.2 Å². The number of halogens is 4. The zero-order chi connectivity index (χ0) is 19.5. The molecule has 142 valence electrons. The van der Waals surface area contributed by atoms with Crippen LogP contribution in [0.4, 0.5) is 23.2 Å². The van der Waals surface area contributed by atoms with Crippen LogP contribution < -0.4 is 5.32 Å². The number of benzene rings is 2. The first-order chi connectivity index (χ1) is 12.8. The molecule has 27 heavy (non-hydrogen) atoms. The molecule has 0 saturated carbocycles. The molecule has 2 aromatic rings. The predicted molar refractivity (Wildman–Crippen MR) is 92.8 cm³/mol. The van der Waals surface area contributed by atoms with Crippen LogP contribution in [0.25, 0.3) is 0 Å². The maximum absolute atomic E-state index is 13.3. The second kappa shape index (κ2) is 7.57. The number of nitrogens with zero attached hydrogens (tertiary/aromatic N) is 1. The third-order valence-corrected chi connectivity index (χ3v) is 4.98. The fourth-order valence-electron chi connectivity index (χ4n) is 3.39. The van der Waals surface area contributed by atoms with Gasteiger partial charge in [-0.15, -0.1) is 0 Å². The van der Waals surface area contributed by atoms with Crippen LogP contribution in [-0.4, -0.2) is 19.8 Å². The molecular weight excluding hydrogens is 360 g/mol. The minimum atomic E-state index is -4.60. The molecule has 0 unspecified atom stereocenters. The first-order valence-electron chi connectivity index (χ1n) is 8.53. The van der Waals surface area contributed by atoms with E-state index in [9.17, 15) is 17.6 Å². The quantitative estimate of drug-likeness (QED) is 0.772. The number of alkyl halides is 3. The van der Waals surface area contributed by atoms with Gasteiger partial charge in [0.1, 0.15) is 5.82 Å². The van der Waals surface area contributed by atoms with Gasteiger partial charge in [-0.2, -0.15) is 18.4 Å². The van der Waals surface area contributed by atoms with Crippen LogP contribution in [0.15, 0.2) is 42.5 Å². The highest BCUT2D eigenvalue weighted by molar-refractivity contribution is 5.53. The summed E-state index contributed by atoms with van der Waals surface area (Å²) in [6, 6.07) is 11.3. The van der Waals surface area contributed by atoms with Gasteiger partial charge in [-0.1, -0.05) is 12.1 Å². The van der Waals surface area contributed by atoms with Crippen molar-refractivity contribution >= 4 is 5.69 Å². The second-order valence-corrected chi connectivity index (χ2v) is 6.62. The summed E-state index contributed by atoms with van der Waals surface area (Å²) in [5.41, 5.74) is -0.526. The molecule has 1 N–H and O–H groups in total. The molecule has 1 fully saturated rings. The Morgan fingerprint density at radius 1 is 1.07 bits per heavy atom. The molecule has 1 heterocycles. The van der Waals surface area contributed by atoms with Crippen molar-refractivity contribution in [2.75, 3.05) is 25.1 Å². The fourth-order valence-corrected chi connectivity index (χ4v) is 3.39. The Bertz CT molecular complexity index is 835. The van der Waals surface area contributed by atoms with E-state index in [2.05, 4.69) is 5.32 Å². The Hall–Kier alpha value is -2.59. The molecule has 0 aliphatic carbocycles. The van der Waals surface area contributed by atoms with Crippen molar-refractivity contribution in [3.63, 3.8) is 0 Å². The smallest absolute Gasteiger partial charge is 0.384 e. The summed E-state index contributed by atoms with van der Waals surface area (Å²) in [5.74, 6) is -0.337. The Morgan fingerprint density at radius 2 is 1.74 bits per heavy atom. The molecule has 0 aromatic heterocycles. The van der Waals surface area contributed by atoms with Crippen LogP contribution in [0.1, 0.15) is 29.5 Å². The average Bonchev–Trinajstić information content (AvgIpc) is 2.67. The summed E-state index contributed by atoms with van der Waals surface area (Å²) in [6.45, 7) is 1.44. The third-order valence-electron chi connectivity index (χ3n) is 4.98. The molecule has 0 bridgehead atoms. The van der Waals surface area contributed by atoms with E-state index in [-0.39, 0.29) is 16.9 Å². The maximum Gasteiger partial charge on any atom is 0.417 e. The lowest BCUT2D eigenvalue weighted by molar-refractivity contribution is -0.137. The molecule has 2 aromatic carbocycles. The molecule has 7 heteroatoms. The van der Waals surface area contributed by atoms with Crippen molar-refractivity contribution in [1.82, 2.24) is 0 Å². The normalized spacial score (nSPS) is 16.6. The van der Waals surface area contributed by atoms with E-state index in [4.69, 9.17) is 10.00 Å². The van der Waals surface area contributed by atoms with Crippen LogP contribution in [0.5, 0.6) is 0 Å². The molecule has 0 radical (unpaired) electrons. The molecule has 0 spiro atoms. The molecule has 0 amide bonds. The molecule has 1 aliphatic heterocycles. The zero-order valence-electron chi connectivity index (χ0n) is 14.4. The Morgan fingerprint density at radius 3 is 2.33 bits per heavy atom. The van der Waals surface area contributed by atoms with Crippen molar-refractivity contribution in [1.29, 1.82) is 5.26 Å². The van der Waals surface area contributed by atoms with Gasteiger partial charge in [0, 0.05) is 30.9 Å². The summed E-state index contributed by atoms with van der Waals surface area (Å²) < 4.78 is 58.2. The number of anilines is 1. The molecule has 1 saturated heterocycles. The number of nitrogens with one attached hydrogen (secondary N) is 1. The van der Waals surface area contributed by atoms with Crippen LogP contribution in [0.2, 0.25) is 0 Å². The maximum atomic E-state index is 13.3. The molecular formula is C20H18F4N2O. The van der Waals surface area contributed by atoms with E-state index in [1.807, 2.05) is 0 Å². The van der Waals surface area contributed by atoms with Crippen LogP contribution in [0.3, 0.4) is 0 Å². The van der Waals surface area contributed by atoms with Gasteiger partial charge in [0.25, 0.3) is 0 Å². The highest BCUT2D eigenvalue weighted by Crippen LogP contribution is 2.37. The molecule has 0 atom stereocenters. The standard InChI is InChI=1S/C20H18F4N2O/c21-16-4-2-15(3-5-16)19(7-9-27-10-8-19)13-26-17-6-1-14(12-25)18(11-17)20(22,23)24/h1-6,11,26H,7-10,13H2. The summed E-state index contributed by atoms with van der Waals surface area (Å²) >= 11 is 0. The first-order valence-corrected chi connectivity index (χ1v) is 8.53. The predicted octanol–water partition coefficient (Wildman–Crippen LogP) is 4.88. The largest absolute Gasteiger partial charge is 0.417 e. The van der Waals surface area contributed by atoms with Gasteiger partial charge in [-0.25, -0.2) is 4.39 Å². The van der Waals surface area contributed by atoms with Crippen molar-refractivity contribution < 1.29 is 22.3 Å². The van der Waals surface area contributed by atoms with Gasteiger partial charge < -0.3 is 10.1 Å². The van der Waals surface area contributed by atoms with Gasteiger partial charge in [-0.3, -0.25) is 0 Å². The van der Waals surface area contributed by atoms with E-state index in [1.165, 1.54) is 24.3 Å². The highest BCUT2D eigenvalue weighted by Gasteiger charge is 2.36. The van der Waals surface area contributed by atoms with Gasteiger partial charge in [-0.05, 0) is 48.7 Å². The Kier molecular flexibility index (Phi) is 5.38. The fraction of sp³-hybridized carbons (Fsp3) is 0.350. The van der Waals surface area contributed by atoms with Crippen molar-refractivity contribution in [3.8, 4) is 6.07 Å². The zero-order valence-corrected chi connectivity index (χ0v) is 14.4. The molecule has 3 rings (SSSR count). The van der Waals surface area contributed by atoms with Crippen molar-refractivity contribution in [2.24, 2.45) is 0 Å². The summed E-state index contributed by atoms with van der Waals surface area (Å²) in [5, 5.41) is 12.0. The number of rotatable bonds is 4. The lowest BCUT2D eigenvalue weighted by atomic mass is 9.74. The van der Waals surface area contributed by atoms with E-state index < -0.39 is 17.3 Å². The number of hydrogen-bond acceptors (Lipinski definition) is 3. The summed E-state index contributed by atoms with van der Waals surface area (Å²) in [6.07, 6.45) is -3.25. The summed E-state index contributed by atoms with van der Waals surface area (Å²) in [7, 11) is 0. The Labute approximate surface area is 154 Å². The minimum Gasteiger partial charge on any atom is -0.384 e. The number of hydrogen-bond donors (Lipinski definition) is 1. The number of ether oxygens (including phenoxy) is 1. The average molecular weight is 378 g/mol. The van der Waals surface area contributed by atoms with Gasteiger partial charge in [0.15, 0.2) is 0 Å². The lowest BCUT2D eigenvalue weighted by Gasteiger charge is -2.38. The second-order valence-electron chi connectivity index (χ2n) is 6.62. The van der Waals surface area contributed by atoms with E-state index in [0.717, 1.165) is 11.6 Å². The number of nitriles is 1. The minimum absolute atomic E-state index is 0.286. The monoisotopic (exact) mass is 378 g/mol. The summed E-state index contributed by atoms with van der Waals surface area (Å²) in [4.78, 5) is 0. The lowest BCUT2D eigenvalue weighted by Crippen LogP contribution is -2.40. The van der Waals surface area contributed by atoms with Crippen LogP contribution in [-0.2, 0) is 16.3 Å². The van der Waals surface area contributed by atoms with Crippen molar-refractivity contribution in [2.45, 2.75) is 24.4 Å².